The quantitative estimate of drug-likeness (QED) is 0.862. The Morgan fingerprint density at radius 1 is 1.24 bits per heavy atom. The first-order valence-electron chi connectivity index (χ1n) is 9.11. The van der Waals surface area contributed by atoms with Gasteiger partial charge in [-0.1, -0.05) is 6.07 Å². The van der Waals surface area contributed by atoms with E-state index < -0.39 is 0 Å². The zero-order valence-electron chi connectivity index (χ0n) is 14.8. The molecule has 0 aromatic carbocycles. The predicted octanol–water partition coefficient (Wildman–Crippen LogP) is 3.11. The molecule has 5 nitrogen and oxygen atoms in total. The Morgan fingerprint density at radius 3 is 2.92 bits per heavy atom. The van der Waals surface area contributed by atoms with Crippen molar-refractivity contribution < 1.29 is 9.21 Å². The first-order chi connectivity index (χ1) is 12.2. The van der Waals surface area contributed by atoms with Crippen LogP contribution in [0.2, 0.25) is 0 Å². The Balaban J connectivity index is 1.42. The van der Waals surface area contributed by atoms with Gasteiger partial charge in [-0.05, 0) is 50.9 Å². The van der Waals surface area contributed by atoms with Gasteiger partial charge in [0.1, 0.15) is 5.76 Å². The van der Waals surface area contributed by atoms with Crippen LogP contribution < -0.4 is 0 Å². The van der Waals surface area contributed by atoms with Crippen molar-refractivity contribution in [2.45, 2.75) is 32.7 Å². The van der Waals surface area contributed by atoms with E-state index in [1.807, 2.05) is 30.2 Å². The summed E-state index contributed by atoms with van der Waals surface area (Å²) in [5.74, 6) is 0.830. The van der Waals surface area contributed by atoms with Crippen LogP contribution in [-0.4, -0.2) is 46.9 Å². The van der Waals surface area contributed by atoms with E-state index in [2.05, 4.69) is 16.0 Å². The van der Waals surface area contributed by atoms with Crippen LogP contribution in [0.3, 0.4) is 0 Å². The van der Waals surface area contributed by atoms with Crippen molar-refractivity contribution in [1.29, 1.82) is 0 Å². The molecular formula is C20H25N3O2. The summed E-state index contributed by atoms with van der Waals surface area (Å²) in [4.78, 5) is 21.7. The minimum absolute atomic E-state index is 0.116. The Morgan fingerprint density at radius 2 is 2.16 bits per heavy atom. The molecule has 0 unspecified atom stereocenters. The molecule has 5 heteroatoms. The van der Waals surface area contributed by atoms with Gasteiger partial charge in [0.05, 0.1) is 17.5 Å². The van der Waals surface area contributed by atoms with E-state index >= 15 is 0 Å². The predicted molar refractivity (Wildman–Crippen MR) is 95.1 cm³/mol. The van der Waals surface area contributed by atoms with E-state index in [9.17, 15) is 4.79 Å². The number of hydrogen-bond donors (Lipinski definition) is 0. The maximum atomic E-state index is 12.8. The fourth-order valence-electron chi connectivity index (χ4n) is 4.38. The van der Waals surface area contributed by atoms with Gasteiger partial charge in [0, 0.05) is 37.8 Å². The minimum atomic E-state index is 0.116. The standard InChI is InChI=1S/C20H25N3O2/c1-16-18(6-12-25-16)19(24)23-11-8-20(15-23)7-4-10-22(14-20)13-17-5-2-3-9-21-17/h2-3,5-6,9,12H,4,7-8,10-11,13-15H2,1H3/t20-/m1/s1. The summed E-state index contributed by atoms with van der Waals surface area (Å²) < 4.78 is 5.30. The van der Waals surface area contributed by atoms with E-state index in [4.69, 9.17) is 4.42 Å². The van der Waals surface area contributed by atoms with Gasteiger partial charge in [-0.25, -0.2) is 0 Å². The average molecular weight is 339 g/mol. The van der Waals surface area contributed by atoms with Gasteiger partial charge in [0.25, 0.3) is 5.91 Å². The fourth-order valence-corrected chi connectivity index (χ4v) is 4.38. The lowest BCUT2D eigenvalue weighted by Gasteiger charge is -2.40. The Labute approximate surface area is 148 Å². The highest BCUT2D eigenvalue weighted by atomic mass is 16.3. The number of nitrogens with zero attached hydrogens (tertiary/aromatic N) is 3. The molecule has 1 atom stereocenters. The third-order valence-electron chi connectivity index (χ3n) is 5.67. The van der Waals surface area contributed by atoms with E-state index in [0.29, 0.717) is 11.3 Å². The maximum Gasteiger partial charge on any atom is 0.257 e. The van der Waals surface area contributed by atoms with Gasteiger partial charge >= 0.3 is 0 Å². The number of furan rings is 1. The van der Waals surface area contributed by atoms with Crippen LogP contribution >= 0.6 is 0 Å². The number of hydrogen-bond acceptors (Lipinski definition) is 4. The van der Waals surface area contributed by atoms with Crippen LogP contribution in [0, 0.1) is 12.3 Å². The Bertz CT molecular complexity index is 742. The number of rotatable bonds is 3. The number of carbonyl (C=O) groups is 1. The summed E-state index contributed by atoms with van der Waals surface area (Å²) >= 11 is 0. The molecule has 132 valence electrons. The van der Waals surface area contributed by atoms with Crippen molar-refractivity contribution in [3.8, 4) is 0 Å². The van der Waals surface area contributed by atoms with Crippen molar-refractivity contribution in [2.75, 3.05) is 26.2 Å². The van der Waals surface area contributed by atoms with Crippen LogP contribution in [0.25, 0.3) is 0 Å². The summed E-state index contributed by atoms with van der Waals surface area (Å²) in [5.41, 5.74) is 2.07. The lowest BCUT2D eigenvalue weighted by Crippen LogP contribution is -2.45. The maximum absolute atomic E-state index is 12.8. The SMILES string of the molecule is Cc1occc1C(=O)N1CC[C@@]2(CCCN(Cc3ccccn3)C2)C1. The lowest BCUT2D eigenvalue weighted by atomic mass is 9.79. The second-order valence-corrected chi connectivity index (χ2v) is 7.50. The van der Waals surface area contributed by atoms with Gasteiger partial charge in [0.2, 0.25) is 0 Å². The van der Waals surface area contributed by atoms with E-state index in [1.54, 1.807) is 12.3 Å². The average Bonchev–Trinajstić information content (AvgIpc) is 3.22. The summed E-state index contributed by atoms with van der Waals surface area (Å²) in [6.45, 7) is 6.63. The number of carbonyl (C=O) groups excluding carboxylic acids is 1. The topological polar surface area (TPSA) is 49.6 Å². The first kappa shape index (κ1) is 16.3. The van der Waals surface area contributed by atoms with Gasteiger partial charge in [0.15, 0.2) is 0 Å². The van der Waals surface area contributed by atoms with Crippen molar-refractivity contribution in [3.05, 3.63) is 53.7 Å². The van der Waals surface area contributed by atoms with Gasteiger partial charge < -0.3 is 9.32 Å². The third-order valence-corrected chi connectivity index (χ3v) is 5.67. The highest BCUT2D eigenvalue weighted by Gasteiger charge is 2.43. The van der Waals surface area contributed by atoms with Crippen LogP contribution in [0.4, 0.5) is 0 Å². The monoisotopic (exact) mass is 339 g/mol. The molecule has 4 rings (SSSR count). The molecule has 0 bridgehead atoms. The summed E-state index contributed by atoms with van der Waals surface area (Å²) in [5, 5.41) is 0. The zero-order valence-corrected chi connectivity index (χ0v) is 14.8. The largest absolute Gasteiger partial charge is 0.469 e. The molecule has 0 aliphatic carbocycles. The number of likely N-dealkylation sites (tertiary alicyclic amines) is 2. The summed E-state index contributed by atoms with van der Waals surface area (Å²) in [6, 6.07) is 7.88. The second kappa shape index (κ2) is 6.64. The molecular weight excluding hydrogens is 314 g/mol. The van der Waals surface area contributed by atoms with Crippen LogP contribution in [0.5, 0.6) is 0 Å². The van der Waals surface area contributed by atoms with E-state index in [1.165, 1.54) is 12.8 Å². The van der Waals surface area contributed by atoms with Crippen LogP contribution in [-0.2, 0) is 6.54 Å². The van der Waals surface area contributed by atoms with Crippen LogP contribution in [0.15, 0.2) is 41.1 Å². The normalized spacial score (nSPS) is 24.1. The second-order valence-electron chi connectivity index (χ2n) is 7.50. The van der Waals surface area contributed by atoms with E-state index in [-0.39, 0.29) is 11.3 Å². The molecule has 1 spiro atoms. The number of pyridine rings is 1. The molecule has 25 heavy (non-hydrogen) atoms. The Kier molecular flexibility index (Phi) is 4.34. The molecule has 2 aliphatic rings. The van der Waals surface area contributed by atoms with Gasteiger partial charge in [-0.3, -0.25) is 14.7 Å². The summed E-state index contributed by atoms with van der Waals surface area (Å²) in [6.07, 6.45) is 6.95. The molecule has 2 aromatic heterocycles. The smallest absolute Gasteiger partial charge is 0.257 e. The first-order valence-corrected chi connectivity index (χ1v) is 9.11. The highest BCUT2D eigenvalue weighted by molar-refractivity contribution is 5.95. The van der Waals surface area contributed by atoms with E-state index in [0.717, 1.165) is 44.8 Å². The molecule has 1 amide bonds. The summed E-state index contributed by atoms with van der Waals surface area (Å²) in [7, 11) is 0. The van der Waals surface area contributed by atoms with Crippen LogP contribution in [0.1, 0.15) is 41.1 Å². The fraction of sp³-hybridized carbons (Fsp3) is 0.500. The third kappa shape index (κ3) is 3.33. The number of aromatic nitrogens is 1. The van der Waals surface area contributed by atoms with Gasteiger partial charge in [-0.2, -0.15) is 0 Å². The van der Waals surface area contributed by atoms with Crippen molar-refractivity contribution in [3.63, 3.8) is 0 Å². The molecule has 2 fully saturated rings. The van der Waals surface area contributed by atoms with Crippen molar-refractivity contribution in [2.24, 2.45) is 5.41 Å². The molecule has 2 saturated heterocycles. The number of aryl methyl sites for hydroxylation is 1. The number of amides is 1. The molecule has 2 aliphatic heterocycles. The molecule has 0 radical (unpaired) electrons. The van der Waals surface area contributed by atoms with Crippen molar-refractivity contribution >= 4 is 5.91 Å². The molecule has 0 N–H and O–H groups in total. The van der Waals surface area contributed by atoms with Gasteiger partial charge in [-0.15, -0.1) is 0 Å². The minimum Gasteiger partial charge on any atom is -0.469 e. The van der Waals surface area contributed by atoms with Crippen molar-refractivity contribution in [1.82, 2.24) is 14.8 Å². The highest BCUT2D eigenvalue weighted by Crippen LogP contribution is 2.39. The number of piperidine rings is 1. The molecule has 4 heterocycles. The molecule has 2 aromatic rings. The Hall–Kier alpha value is -2.14. The lowest BCUT2D eigenvalue weighted by molar-refractivity contribution is 0.0671. The zero-order chi connectivity index (χ0) is 17.3. The molecule has 0 saturated carbocycles.